The summed E-state index contributed by atoms with van der Waals surface area (Å²) in [7, 11) is 0. The van der Waals surface area contributed by atoms with Gasteiger partial charge in [-0.3, -0.25) is 10.1 Å². The number of non-ortho nitro benzene ring substituents is 1. The lowest BCUT2D eigenvalue weighted by molar-refractivity contribution is -0.384. The number of anilines is 1. The third-order valence-electron chi connectivity index (χ3n) is 3.78. The van der Waals surface area contributed by atoms with Gasteiger partial charge in [0.2, 0.25) is 0 Å². The number of rotatable bonds is 5. The fraction of sp³-hybridized carbons (Fsp3) is 0.312. The van der Waals surface area contributed by atoms with Crippen molar-refractivity contribution in [2.45, 2.75) is 25.5 Å². The van der Waals surface area contributed by atoms with E-state index in [0.29, 0.717) is 22.0 Å². The molecule has 1 aliphatic heterocycles. The minimum atomic E-state index is -1.04. The van der Waals surface area contributed by atoms with Crippen LogP contribution in [0.15, 0.2) is 30.3 Å². The zero-order chi connectivity index (χ0) is 17.1. The van der Waals surface area contributed by atoms with Gasteiger partial charge in [0.25, 0.3) is 5.69 Å². The molecule has 1 saturated heterocycles. The number of nitrogens with one attached hydrogen (secondary N) is 1. The summed E-state index contributed by atoms with van der Waals surface area (Å²) in [6.07, 6.45) is 2.66. The van der Waals surface area contributed by atoms with Crippen LogP contribution in [0.25, 0.3) is 10.4 Å². The predicted molar refractivity (Wildman–Crippen MR) is 90.6 cm³/mol. The van der Waals surface area contributed by atoms with Crippen LogP contribution in [0.2, 0.25) is 0 Å². The molecule has 2 N–H and O–H groups in total. The second-order valence-electron chi connectivity index (χ2n) is 5.47. The van der Waals surface area contributed by atoms with Gasteiger partial charge in [0.05, 0.1) is 10.5 Å². The highest BCUT2D eigenvalue weighted by atomic mass is 32.1. The number of nitro groups is 1. The highest BCUT2D eigenvalue weighted by molar-refractivity contribution is 7.19. The number of carboxylic acids is 1. The number of hydrogen-bond acceptors (Lipinski definition) is 6. The minimum absolute atomic E-state index is 0.0251. The molecule has 8 heteroatoms. The lowest BCUT2D eigenvalue weighted by Crippen LogP contribution is -2.27. The van der Waals surface area contributed by atoms with Crippen molar-refractivity contribution in [2.24, 2.45) is 0 Å². The van der Waals surface area contributed by atoms with Crippen LogP contribution < -0.4 is 5.32 Å². The first-order valence-electron chi connectivity index (χ1n) is 7.54. The first-order valence-corrected chi connectivity index (χ1v) is 8.36. The van der Waals surface area contributed by atoms with E-state index >= 15 is 0 Å². The van der Waals surface area contributed by atoms with Gasteiger partial charge < -0.3 is 15.2 Å². The van der Waals surface area contributed by atoms with E-state index in [0.717, 1.165) is 19.3 Å². The van der Waals surface area contributed by atoms with Gasteiger partial charge in [-0.2, -0.15) is 0 Å². The van der Waals surface area contributed by atoms with Crippen LogP contribution in [0.3, 0.4) is 0 Å². The zero-order valence-corrected chi connectivity index (χ0v) is 13.5. The molecule has 0 spiro atoms. The van der Waals surface area contributed by atoms with E-state index in [1.807, 2.05) is 0 Å². The van der Waals surface area contributed by atoms with Crippen LogP contribution in [-0.4, -0.2) is 28.8 Å². The monoisotopic (exact) mass is 348 g/mol. The third-order valence-corrected chi connectivity index (χ3v) is 4.89. The van der Waals surface area contributed by atoms with Gasteiger partial charge in [0.15, 0.2) is 0 Å². The Bertz CT molecular complexity index is 768. The molecular weight excluding hydrogens is 332 g/mol. The van der Waals surface area contributed by atoms with Crippen LogP contribution in [0.1, 0.15) is 29.6 Å². The summed E-state index contributed by atoms with van der Waals surface area (Å²) in [5, 5.41) is 24.0. The molecule has 3 rings (SSSR count). The van der Waals surface area contributed by atoms with Gasteiger partial charge in [0.1, 0.15) is 11.2 Å². The average molecular weight is 348 g/mol. The van der Waals surface area contributed by atoms with Crippen molar-refractivity contribution in [3.63, 3.8) is 0 Å². The summed E-state index contributed by atoms with van der Waals surface area (Å²) in [4.78, 5) is 22.6. The van der Waals surface area contributed by atoms with Crippen LogP contribution in [0.4, 0.5) is 10.7 Å². The second-order valence-corrected chi connectivity index (χ2v) is 6.52. The Morgan fingerprint density at radius 1 is 1.38 bits per heavy atom. The Balaban J connectivity index is 1.92. The van der Waals surface area contributed by atoms with Crippen molar-refractivity contribution in [3.8, 4) is 10.4 Å². The number of carbonyl (C=O) groups is 1. The number of aromatic carboxylic acids is 1. The van der Waals surface area contributed by atoms with E-state index in [9.17, 15) is 20.0 Å². The average Bonchev–Trinajstić information content (AvgIpc) is 3.00. The van der Waals surface area contributed by atoms with Gasteiger partial charge in [-0.1, -0.05) is 12.1 Å². The summed E-state index contributed by atoms with van der Waals surface area (Å²) in [6.45, 7) is 0.656. The van der Waals surface area contributed by atoms with E-state index in [1.54, 1.807) is 12.1 Å². The number of carboxylic acid groups (broad SMARTS) is 1. The molecule has 0 amide bonds. The Hall–Kier alpha value is -2.45. The molecule has 126 valence electrons. The molecule has 0 saturated carbocycles. The summed E-state index contributed by atoms with van der Waals surface area (Å²) in [5.74, 6) is -1.04. The second kappa shape index (κ2) is 6.98. The maximum atomic E-state index is 11.5. The SMILES string of the molecule is O=C(O)c1cc(-c2cccc([N+](=O)[O-])c2)sc1NC1CCCCO1. The molecule has 0 bridgehead atoms. The number of hydrogen-bond donors (Lipinski definition) is 2. The first-order chi connectivity index (χ1) is 11.5. The maximum absolute atomic E-state index is 11.5. The molecule has 2 aromatic rings. The molecular formula is C16H16N2O5S. The smallest absolute Gasteiger partial charge is 0.338 e. The predicted octanol–water partition coefficient (Wildman–Crippen LogP) is 3.96. The molecule has 7 nitrogen and oxygen atoms in total. The molecule has 0 aliphatic carbocycles. The quantitative estimate of drug-likeness (QED) is 0.626. The highest BCUT2D eigenvalue weighted by Gasteiger charge is 2.21. The van der Waals surface area contributed by atoms with Crippen LogP contribution in [0.5, 0.6) is 0 Å². The van der Waals surface area contributed by atoms with E-state index in [1.165, 1.54) is 29.5 Å². The fourth-order valence-corrected chi connectivity index (χ4v) is 3.66. The van der Waals surface area contributed by atoms with Crippen molar-refractivity contribution >= 4 is 28.0 Å². The third kappa shape index (κ3) is 3.55. The van der Waals surface area contributed by atoms with Gasteiger partial charge in [-0.15, -0.1) is 11.3 Å². The van der Waals surface area contributed by atoms with E-state index in [2.05, 4.69) is 5.32 Å². The number of ether oxygens (including phenoxy) is 1. The Morgan fingerprint density at radius 2 is 2.21 bits per heavy atom. The summed E-state index contributed by atoms with van der Waals surface area (Å²) in [5.41, 5.74) is 0.743. The molecule has 1 aromatic carbocycles. The van der Waals surface area contributed by atoms with Gasteiger partial charge in [0, 0.05) is 23.6 Å². The molecule has 1 aliphatic rings. The number of benzene rings is 1. The van der Waals surface area contributed by atoms with Crippen LogP contribution in [-0.2, 0) is 4.74 Å². The molecule has 1 aromatic heterocycles. The fourth-order valence-electron chi connectivity index (χ4n) is 2.57. The van der Waals surface area contributed by atoms with Crippen LogP contribution >= 0.6 is 11.3 Å². The van der Waals surface area contributed by atoms with Crippen molar-refractivity contribution in [1.82, 2.24) is 0 Å². The van der Waals surface area contributed by atoms with Crippen molar-refractivity contribution in [3.05, 3.63) is 46.0 Å². The number of thiophene rings is 1. The topological polar surface area (TPSA) is 102 Å². The molecule has 24 heavy (non-hydrogen) atoms. The lowest BCUT2D eigenvalue weighted by atomic mass is 10.1. The first kappa shape index (κ1) is 16.4. The van der Waals surface area contributed by atoms with Gasteiger partial charge in [-0.25, -0.2) is 4.79 Å². The molecule has 1 atom stereocenters. The van der Waals surface area contributed by atoms with E-state index in [-0.39, 0.29) is 17.5 Å². The lowest BCUT2D eigenvalue weighted by Gasteiger charge is -2.23. The largest absolute Gasteiger partial charge is 0.478 e. The van der Waals surface area contributed by atoms with Crippen molar-refractivity contribution in [1.29, 1.82) is 0 Å². The Kier molecular flexibility index (Phi) is 4.77. The Morgan fingerprint density at radius 3 is 2.88 bits per heavy atom. The normalized spacial score (nSPS) is 17.4. The molecule has 1 unspecified atom stereocenters. The maximum Gasteiger partial charge on any atom is 0.338 e. The molecule has 1 fully saturated rings. The number of nitro benzene ring substituents is 1. The summed E-state index contributed by atoms with van der Waals surface area (Å²) in [6, 6.07) is 7.70. The molecule has 2 heterocycles. The summed E-state index contributed by atoms with van der Waals surface area (Å²) < 4.78 is 5.60. The van der Waals surface area contributed by atoms with Gasteiger partial charge >= 0.3 is 5.97 Å². The van der Waals surface area contributed by atoms with Crippen molar-refractivity contribution in [2.75, 3.05) is 11.9 Å². The minimum Gasteiger partial charge on any atom is -0.478 e. The highest BCUT2D eigenvalue weighted by Crippen LogP contribution is 2.37. The zero-order valence-electron chi connectivity index (χ0n) is 12.7. The van der Waals surface area contributed by atoms with Crippen LogP contribution in [0, 0.1) is 10.1 Å². The number of nitrogens with zero attached hydrogens (tertiary/aromatic N) is 1. The van der Waals surface area contributed by atoms with E-state index in [4.69, 9.17) is 4.74 Å². The van der Waals surface area contributed by atoms with E-state index < -0.39 is 10.9 Å². The van der Waals surface area contributed by atoms with Crippen molar-refractivity contribution < 1.29 is 19.6 Å². The molecule has 0 radical (unpaired) electrons. The summed E-state index contributed by atoms with van der Waals surface area (Å²) >= 11 is 1.26. The Labute approximate surface area is 142 Å². The van der Waals surface area contributed by atoms with Gasteiger partial charge in [-0.05, 0) is 30.9 Å². The standard InChI is InChI=1S/C16H16N2O5S/c19-16(20)12-9-13(10-4-3-5-11(8-10)18(21)22)24-15(12)17-14-6-1-2-7-23-14/h3-5,8-9,14,17H,1-2,6-7H2,(H,19,20).